The van der Waals surface area contributed by atoms with Crippen molar-refractivity contribution in [2.45, 2.75) is 24.7 Å². The van der Waals surface area contributed by atoms with E-state index >= 15 is 0 Å². The summed E-state index contributed by atoms with van der Waals surface area (Å²) < 4.78 is 6.02. The highest BCUT2D eigenvalue weighted by Gasteiger charge is 2.41. The molecule has 0 radical (unpaired) electrons. The molecule has 1 aliphatic rings. The van der Waals surface area contributed by atoms with Gasteiger partial charge in [-0.1, -0.05) is 54.1 Å². The van der Waals surface area contributed by atoms with Gasteiger partial charge in [0.1, 0.15) is 11.7 Å². The predicted molar refractivity (Wildman–Crippen MR) is 87.9 cm³/mol. The molecule has 3 rings (SSSR count). The fourth-order valence-electron chi connectivity index (χ4n) is 2.88. The summed E-state index contributed by atoms with van der Waals surface area (Å²) in [5.41, 5.74) is 0.980. The van der Waals surface area contributed by atoms with Crippen LogP contribution in [0, 0.1) is 0 Å². The third-order valence-corrected chi connectivity index (χ3v) is 4.44. The van der Waals surface area contributed by atoms with Gasteiger partial charge in [0.25, 0.3) is 0 Å². The Hall–Kier alpha value is -1.39. The minimum absolute atomic E-state index is 0.289. The highest BCUT2D eigenvalue weighted by molar-refractivity contribution is 6.30. The fourth-order valence-corrected chi connectivity index (χ4v) is 3.00. The molecule has 0 aliphatic carbocycles. The Labute approximate surface area is 135 Å². The molecular formula is C18H20ClNO2. The van der Waals surface area contributed by atoms with Crippen LogP contribution < -0.4 is 5.32 Å². The third kappa shape index (κ3) is 3.33. The first-order chi connectivity index (χ1) is 10.7. The van der Waals surface area contributed by atoms with Gasteiger partial charge in [0, 0.05) is 11.6 Å². The summed E-state index contributed by atoms with van der Waals surface area (Å²) in [6.45, 7) is 1.89. The van der Waals surface area contributed by atoms with E-state index in [0.29, 0.717) is 24.6 Å². The molecule has 22 heavy (non-hydrogen) atoms. The second-order valence-electron chi connectivity index (χ2n) is 5.67. The van der Waals surface area contributed by atoms with Crippen LogP contribution in [0.25, 0.3) is 0 Å². The van der Waals surface area contributed by atoms with Gasteiger partial charge in [-0.25, -0.2) is 0 Å². The second-order valence-corrected chi connectivity index (χ2v) is 6.11. The smallest absolute Gasteiger partial charge is 0.118 e. The lowest BCUT2D eigenvalue weighted by atomic mass is 9.82. The van der Waals surface area contributed by atoms with Gasteiger partial charge < -0.3 is 15.2 Å². The SMILES string of the molecule is OC1(c2ccc(Cl)cc2)CCNCC1OCc1ccccc1. The number of aliphatic hydroxyl groups is 1. The van der Waals surface area contributed by atoms with Crippen molar-refractivity contribution in [3.05, 3.63) is 70.7 Å². The lowest BCUT2D eigenvalue weighted by Gasteiger charge is -2.40. The standard InChI is InChI=1S/C18H20ClNO2/c19-16-8-6-15(7-9-16)18(21)10-11-20-12-17(18)22-13-14-4-2-1-3-5-14/h1-9,17,20-21H,10-13H2. The summed E-state index contributed by atoms with van der Waals surface area (Å²) in [4.78, 5) is 0. The van der Waals surface area contributed by atoms with E-state index in [0.717, 1.165) is 17.7 Å². The Morgan fingerprint density at radius 2 is 1.86 bits per heavy atom. The van der Waals surface area contributed by atoms with E-state index in [1.165, 1.54) is 0 Å². The van der Waals surface area contributed by atoms with Crippen LogP contribution in [0.15, 0.2) is 54.6 Å². The average molecular weight is 318 g/mol. The Bertz CT molecular complexity index is 602. The van der Waals surface area contributed by atoms with Gasteiger partial charge in [0.05, 0.1) is 6.61 Å². The number of piperidine rings is 1. The van der Waals surface area contributed by atoms with Crippen molar-refractivity contribution in [2.24, 2.45) is 0 Å². The molecule has 1 fully saturated rings. The quantitative estimate of drug-likeness (QED) is 0.910. The zero-order chi connectivity index (χ0) is 15.4. The van der Waals surface area contributed by atoms with E-state index in [2.05, 4.69) is 5.32 Å². The van der Waals surface area contributed by atoms with Crippen LogP contribution in [-0.2, 0) is 16.9 Å². The molecule has 2 aromatic carbocycles. The van der Waals surface area contributed by atoms with Crippen molar-refractivity contribution in [3.63, 3.8) is 0 Å². The highest BCUT2D eigenvalue weighted by atomic mass is 35.5. The summed E-state index contributed by atoms with van der Waals surface area (Å²) in [5.74, 6) is 0. The van der Waals surface area contributed by atoms with E-state index in [1.807, 2.05) is 54.6 Å². The molecular weight excluding hydrogens is 298 g/mol. The highest BCUT2D eigenvalue weighted by Crippen LogP contribution is 2.33. The molecule has 116 valence electrons. The topological polar surface area (TPSA) is 41.5 Å². The van der Waals surface area contributed by atoms with Crippen LogP contribution in [-0.4, -0.2) is 24.3 Å². The number of rotatable bonds is 4. The Kier molecular flexibility index (Phi) is 4.79. The second kappa shape index (κ2) is 6.80. The molecule has 1 saturated heterocycles. The van der Waals surface area contributed by atoms with Crippen molar-refractivity contribution in [1.29, 1.82) is 0 Å². The number of hydrogen-bond donors (Lipinski definition) is 2. The van der Waals surface area contributed by atoms with Crippen molar-refractivity contribution in [3.8, 4) is 0 Å². The molecule has 0 saturated carbocycles. The van der Waals surface area contributed by atoms with Gasteiger partial charge in [0.2, 0.25) is 0 Å². The molecule has 0 bridgehead atoms. The van der Waals surface area contributed by atoms with Gasteiger partial charge in [-0.05, 0) is 36.2 Å². The van der Waals surface area contributed by atoms with Gasteiger partial charge in [-0.3, -0.25) is 0 Å². The predicted octanol–water partition coefficient (Wildman–Crippen LogP) is 3.11. The van der Waals surface area contributed by atoms with E-state index in [-0.39, 0.29) is 6.10 Å². The third-order valence-electron chi connectivity index (χ3n) is 4.18. The lowest BCUT2D eigenvalue weighted by molar-refractivity contribution is -0.134. The number of hydrogen-bond acceptors (Lipinski definition) is 3. The largest absolute Gasteiger partial charge is 0.382 e. The zero-order valence-electron chi connectivity index (χ0n) is 12.3. The molecule has 1 heterocycles. The van der Waals surface area contributed by atoms with Crippen molar-refractivity contribution >= 4 is 11.6 Å². The summed E-state index contributed by atoms with van der Waals surface area (Å²) in [7, 11) is 0. The molecule has 1 aliphatic heterocycles. The van der Waals surface area contributed by atoms with Gasteiger partial charge in [-0.2, -0.15) is 0 Å². The molecule has 0 amide bonds. The van der Waals surface area contributed by atoms with E-state index in [9.17, 15) is 5.11 Å². The average Bonchev–Trinajstić information content (AvgIpc) is 2.55. The lowest BCUT2D eigenvalue weighted by Crippen LogP contribution is -2.53. The monoisotopic (exact) mass is 317 g/mol. The van der Waals surface area contributed by atoms with Gasteiger partial charge >= 0.3 is 0 Å². The number of halogens is 1. The summed E-state index contributed by atoms with van der Waals surface area (Å²) in [6, 6.07) is 17.4. The first-order valence-electron chi connectivity index (χ1n) is 7.53. The molecule has 3 nitrogen and oxygen atoms in total. The van der Waals surface area contributed by atoms with E-state index < -0.39 is 5.60 Å². The Morgan fingerprint density at radius 1 is 1.14 bits per heavy atom. The van der Waals surface area contributed by atoms with Gasteiger partial charge in [-0.15, -0.1) is 0 Å². The zero-order valence-corrected chi connectivity index (χ0v) is 13.1. The van der Waals surface area contributed by atoms with Crippen LogP contribution in [0.4, 0.5) is 0 Å². The normalized spacial score (nSPS) is 25.1. The number of benzene rings is 2. The molecule has 4 heteroatoms. The minimum atomic E-state index is -0.982. The maximum atomic E-state index is 11.2. The summed E-state index contributed by atoms with van der Waals surface area (Å²) in [5, 5.41) is 15.1. The maximum Gasteiger partial charge on any atom is 0.118 e. The molecule has 2 atom stereocenters. The molecule has 0 aromatic heterocycles. The van der Waals surface area contributed by atoms with E-state index in [4.69, 9.17) is 16.3 Å². The minimum Gasteiger partial charge on any atom is -0.382 e. The maximum absolute atomic E-state index is 11.2. The molecule has 2 N–H and O–H groups in total. The van der Waals surface area contributed by atoms with Crippen molar-refractivity contribution in [1.82, 2.24) is 5.32 Å². The summed E-state index contributed by atoms with van der Waals surface area (Å²) in [6.07, 6.45) is 0.330. The van der Waals surface area contributed by atoms with Crippen molar-refractivity contribution in [2.75, 3.05) is 13.1 Å². The Morgan fingerprint density at radius 3 is 2.59 bits per heavy atom. The van der Waals surface area contributed by atoms with Crippen LogP contribution >= 0.6 is 11.6 Å². The molecule has 2 aromatic rings. The molecule has 2 unspecified atom stereocenters. The number of ether oxygens (including phenoxy) is 1. The van der Waals surface area contributed by atoms with Crippen LogP contribution in [0.5, 0.6) is 0 Å². The van der Waals surface area contributed by atoms with Crippen LogP contribution in [0.3, 0.4) is 0 Å². The van der Waals surface area contributed by atoms with Crippen molar-refractivity contribution < 1.29 is 9.84 Å². The first kappa shape index (κ1) is 15.5. The molecule has 0 spiro atoms. The van der Waals surface area contributed by atoms with Crippen LogP contribution in [0.2, 0.25) is 5.02 Å². The van der Waals surface area contributed by atoms with Crippen LogP contribution in [0.1, 0.15) is 17.5 Å². The fraction of sp³-hybridized carbons (Fsp3) is 0.333. The first-order valence-corrected chi connectivity index (χ1v) is 7.91. The van der Waals surface area contributed by atoms with E-state index in [1.54, 1.807) is 0 Å². The van der Waals surface area contributed by atoms with Gasteiger partial charge in [0.15, 0.2) is 0 Å². The Balaban J connectivity index is 1.77. The number of nitrogens with one attached hydrogen (secondary N) is 1. The summed E-state index contributed by atoms with van der Waals surface area (Å²) >= 11 is 5.95.